The summed E-state index contributed by atoms with van der Waals surface area (Å²) in [4.78, 5) is 18.1. The number of carbonyl (C=O) groups excluding carboxylic acids is 1. The van der Waals surface area contributed by atoms with E-state index in [1.807, 2.05) is 28.5 Å². The summed E-state index contributed by atoms with van der Waals surface area (Å²) < 4.78 is 5.63. The van der Waals surface area contributed by atoms with Crippen LogP contribution in [0.1, 0.15) is 37.5 Å². The zero-order valence-corrected chi connectivity index (χ0v) is 15.6. The fourth-order valence-corrected chi connectivity index (χ4v) is 4.65. The minimum absolute atomic E-state index is 0.143. The number of thiophene rings is 1. The van der Waals surface area contributed by atoms with Gasteiger partial charge in [-0.1, -0.05) is 6.07 Å². The van der Waals surface area contributed by atoms with Gasteiger partial charge >= 0.3 is 0 Å². The molecule has 3 heterocycles. The zero-order valence-electron chi connectivity index (χ0n) is 14.7. The maximum Gasteiger partial charge on any atom is 0.246 e. The number of nitrogens with zero attached hydrogens (tertiary/aromatic N) is 2. The number of carbonyl (C=O) groups is 1. The van der Waals surface area contributed by atoms with Crippen molar-refractivity contribution in [3.63, 3.8) is 0 Å². The molecule has 4 nitrogen and oxygen atoms in total. The predicted octanol–water partition coefficient (Wildman–Crippen LogP) is 3.25. The SMILES string of the molecule is CCOC[C@@H]1CCC2(CCN(C(=O)/C=C/c3cccs3)CC2)N1C. The summed E-state index contributed by atoms with van der Waals surface area (Å²) >= 11 is 1.66. The molecule has 2 saturated heterocycles. The molecule has 0 N–H and O–H groups in total. The Labute approximate surface area is 149 Å². The highest BCUT2D eigenvalue weighted by molar-refractivity contribution is 7.10. The normalized spacial score (nSPS) is 24.2. The highest BCUT2D eigenvalue weighted by Crippen LogP contribution is 2.40. The predicted molar refractivity (Wildman–Crippen MR) is 99.2 cm³/mol. The lowest BCUT2D eigenvalue weighted by atomic mass is 9.85. The van der Waals surface area contributed by atoms with Gasteiger partial charge in [0.05, 0.1) is 6.61 Å². The lowest BCUT2D eigenvalue weighted by Gasteiger charge is -2.44. The lowest BCUT2D eigenvalue weighted by molar-refractivity contribution is -0.128. The van der Waals surface area contributed by atoms with Crippen molar-refractivity contribution < 1.29 is 9.53 Å². The third-order valence-electron chi connectivity index (χ3n) is 5.69. The van der Waals surface area contributed by atoms with Gasteiger partial charge < -0.3 is 9.64 Å². The van der Waals surface area contributed by atoms with E-state index >= 15 is 0 Å². The Bertz CT molecular complexity index is 562. The van der Waals surface area contributed by atoms with Crippen LogP contribution >= 0.6 is 11.3 Å². The van der Waals surface area contributed by atoms with E-state index < -0.39 is 0 Å². The molecule has 2 aliphatic heterocycles. The van der Waals surface area contributed by atoms with Crippen molar-refractivity contribution in [1.29, 1.82) is 0 Å². The monoisotopic (exact) mass is 348 g/mol. The number of ether oxygens (including phenoxy) is 1. The third-order valence-corrected chi connectivity index (χ3v) is 6.53. The van der Waals surface area contributed by atoms with Crippen LogP contribution in [0.2, 0.25) is 0 Å². The number of piperidine rings is 1. The first-order valence-corrected chi connectivity index (χ1v) is 9.84. The van der Waals surface area contributed by atoms with Gasteiger partial charge in [-0.3, -0.25) is 9.69 Å². The second-order valence-electron chi connectivity index (χ2n) is 6.86. The van der Waals surface area contributed by atoms with Crippen molar-refractivity contribution in [2.75, 3.05) is 33.4 Å². The highest BCUT2D eigenvalue weighted by Gasteiger charge is 2.45. The molecule has 1 spiro atoms. The molecule has 0 aliphatic carbocycles. The number of rotatable bonds is 5. The Morgan fingerprint density at radius 3 is 2.88 bits per heavy atom. The van der Waals surface area contributed by atoms with Gasteiger partial charge in [0, 0.05) is 42.2 Å². The second-order valence-corrected chi connectivity index (χ2v) is 7.84. The molecule has 3 rings (SSSR count). The zero-order chi connectivity index (χ0) is 17.0. The van der Waals surface area contributed by atoms with E-state index in [0.717, 1.165) is 44.0 Å². The molecule has 1 atom stereocenters. The Balaban J connectivity index is 1.53. The van der Waals surface area contributed by atoms with Gasteiger partial charge in [-0.15, -0.1) is 11.3 Å². The Morgan fingerprint density at radius 1 is 1.42 bits per heavy atom. The summed E-state index contributed by atoms with van der Waals surface area (Å²) in [5.74, 6) is 0.143. The summed E-state index contributed by atoms with van der Waals surface area (Å²) in [5.41, 5.74) is 0.274. The van der Waals surface area contributed by atoms with Crippen LogP contribution in [-0.2, 0) is 9.53 Å². The van der Waals surface area contributed by atoms with Crippen molar-refractivity contribution in [1.82, 2.24) is 9.80 Å². The standard InChI is InChI=1S/C19H28N2O2S/c1-3-23-15-16-8-9-19(20(16)2)10-12-21(13-11-19)18(22)7-6-17-5-4-14-24-17/h4-7,14,16H,3,8-13,15H2,1-2H3/b7-6+/t16-/m0/s1. The summed E-state index contributed by atoms with van der Waals surface area (Å²) in [6.45, 7) is 5.40. The second kappa shape index (κ2) is 7.81. The van der Waals surface area contributed by atoms with Crippen LogP contribution in [0.4, 0.5) is 0 Å². The Hall–Kier alpha value is -1.17. The molecule has 132 valence electrons. The number of likely N-dealkylation sites (N-methyl/N-ethyl adjacent to an activating group) is 1. The average molecular weight is 349 g/mol. The molecule has 1 aromatic heterocycles. The molecule has 5 heteroatoms. The van der Waals surface area contributed by atoms with Crippen LogP contribution in [-0.4, -0.2) is 60.6 Å². The van der Waals surface area contributed by atoms with Crippen molar-refractivity contribution in [3.05, 3.63) is 28.5 Å². The molecule has 2 fully saturated rings. The molecule has 0 bridgehead atoms. The van der Waals surface area contributed by atoms with E-state index in [-0.39, 0.29) is 11.4 Å². The molecular formula is C19H28N2O2S. The van der Waals surface area contributed by atoms with Crippen LogP contribution in [0.25, 0.3) is 6.08 Å². The Morgan fingerprint density at radius 2 is 2.21 bits per heavy atom. The summed E-state index contributed by atoms with van der Waals surface area (Å²) in [7, 11) is 2.24. The smallest absolute Gasteiger partial charge is 0.246 e. The van der Waals surface area contributed by atoms with Crippen molar-refractivity contribution >= 4 is 23.3 Å². The molecule has 1 aromatic rings. The summed E-state index contributed by atoms with van der Waals surface area (Å²) in [6.07, 6.45) is 8.24. The fraction of sp³-hybridized carbons (Fsp3) is 0.632. The first-order valence-electron chi connectivity index (χ1n) is 8.96. The van der Waals surface area contributed by atoms with E-state index in [9.17, 15) is 4.79 Å². The van der Waals surface area contributed by atoms with Crippen molar-refractivity contribution in [2.24, 2.45) is 0 Å². The van der Waals surface area contributed by atoms with Gasteiger partial charge in [0.15, 0.2) is 0 Å². The summed E-state index contributed by atoms with van der Waals surface area (Å²) in [6, 6.07) is 4.57. The minimum atomic E-state index is 0.143. The van der Waals surface area contributed by atoms with Gasteiger partial charge in [-0.25, -0.2) is 0 Å². The highest BCUT2D eigenvalue weighted by atomic mass is 32.1. The van der Waals surface area contributed by atoms with Crippen LogP contribution in [0, 0.1) is 0 Å². The van der Waals surface area contributed by atoms with Crippen LogP contribution in [0.15, 0.2) is 23.6 Å². The van der Waals surface area contributed by atoms with E-state index in [0.29, 0.717) is 6.04 Å². The van der Waals surface area contributed by atoms with Gasteiger partial charge in [-0.2, -0.15) is 0 Å². The van der Waals surface area contributed by atoms with E-state index in [1.165, 1.54) is 12.8 Å². The molecule has 0 saturated carbocycles. The largest absolute Gasteiger partial charge is 0.380 e. The van der Waals surface area contributed by atoms with Crippen molar-refractivity contribution in [3.8, 4) is 0 Å². The molecule has 2 aliphatic rings. The number of hydrogen-bond donors (Lipinski definition) is 0. The minimum Gasteiger partial charge on any atom is -0.380 e. The van der Waals surface area contributed by atoms with E-state index in [2.05, 4.69) is 18.9 Å². The van der Waals surface area contributed by atoms with E-state index in [1.54, 1.807) is 17.4 Å². The molecule has 0 radical (unpaired) electrons. The maximum absolute atomic E-state index is 12.4. The third kappa shape index (κ3) is 3.73. The van der Waals surface area contributed by atoms with Crippen LogP contribution in [0.5, 0.6) is 0 Å². The van der Waals surface area contributed by atoms with Crippen LogP contribution in [0.3, 0.4) is 0 Å². The number of hydrogen-bond acceptors (Lipinski definition) is 4. The molecule has 0 unspecified atom stereocenters. The molecular weight excluding hydrogens is 320 g/mol. The van der Waals surface area contributed by atoms with Gasteiger partial charge in [0.25, 0.3) is 0 Å². The first-order chi connectivity index (χ1) is 11.6. The molecule has 0 aromatic carbocycles. The maximum atomic E-state index is 12.4. The van der Waals surface area contributed by atoms with Gasteiger partial charge in [0.1, 0.15) is 0 Å². The molecule has 1 amide bonds. The quantitative estimate of drug-likeness (QED) is 0.766. The van der Waals surface area contributed by atoms with Gasteiger partial charge in [0.2, 0.25) is 5.91 Å². The Kier molecular flexibility index (Phi) is 5.74. The summed E-state index contributed by atoms with van der Waals surface area (Å²) in [5, 5.41) is 2.03. The number of amides is 1. The topological polar surface area (TPSA) is 32.8 Å². The first kappa shape index (κ1) is 17.6. The van der Waals surface area contributed by atoms with E-state index in [4.69, 9.17) is 4.74 Å². The van der Waals surface area contributed by atoms with Gasteiger partial charge in [-0.05, 0) is 57.2 Å². The lowest BCUT2D eigenvalue weighted by Crippen LogP contribution is -2.53. The molecule has 24 heavy (non-hydrogen) atoms. The van der Waals surface area contributed by atoms with Crippen molar-refractivity contribution in [2.45, 2.75) is 44.2 Å². The number of likely N-dealkylation sites (tertiary alicyclic amines) is 2. The fourth-order valence-electron chi connectivity index (χ4n) is 4.03. The average Bonchev–Trinajstić information content (AvgIpc) is 3.22. The van der Waals surface area contributed by atoms with Crippen LogP contribution < -0.4 is 0 Å².